The molecule has 0 unspecified atom stereocenters. The van der Waals surface area contributed by atoms with E-state index >= 15 is 0 Å². The first-order chi connectivity index (χ1) is 11.9. The van der Waals surface area contributed by atoms with Crippen molar-refractivity contribution in [2.45, 2.75) is 34.8 Å². The zero-order valence-electron chi connectivity index (χ0n) is 13.9. The molecule has 0 fully saturated rings. The largest absolute Gasteiger partial charge is 0.325 e. The molecular weight excluding hydrogens is 356 g/mol. The molecule has 0 aromatic heterocycles. The fourth-order valence-corrected chi connectivity index (χ4v) is 4.76. The number of carbonyl (C=O) groups excluding carboxylic acids is 1. The van der Waals surface area contributed by atoms with E-state index in [0.717, 1.165) is 10.5 Å². The van der Waals surface area contributed by atoms with Gasteiger partial charge in [-0.3, -0.25) is 4.79 Å². The Bertz CT molecular complexity index is 867. The van der Waals surface area contributed by atoms with E-state index in [1.54, 1.807) is 23.9 Å². The van der Waals surface area contributed by atoms with E-state index in [2.05, 4.69) is 10.0 Å². The van der Waals surface area contributed by atoms with Crippen LogP contribution >= 0.6 is 11.8 Å². The maximum atomic E-state index is 12.5. The Hall–Kier alpha value is -1.83. The molecule has 0 bridgehead atoms. The number of anilines is 1. The second kappa shape index (κ2) is 7.59. The minimum Gasteiger partial charge on any atom is -0.325 e. The summed E-state index contributed by atoms with van der Waals surface area (Å²) in [6, 6.07) is 14.6. The number of sulfonamides is 1. The molecular formula is C18H20N2O3S2. The highest BCUT2D eigenvalue weighted by atomic mass is 32.2. The molecule has 1 amide bonds. The zero-order chi connectivity index (χ0) is 17.9. The lowest BCUT2D eigenvalue weighted by Crippen LogP contribution is -2.26. The van der Waals surface area contributed by atoms with Gasteiger partial charge in [0.2, 0.25) is 15.9 Å². The topological polar surface area (TPSA) is 75.3 Å². The Balaban J connectivity index is 1.73. The average Bonchev–Trinajstić information content (AvgIpc) is 2.71. The van der Waals surface area contributed by atoms with E-state index in [1.165, 1.54) is 6.07 Å². The molecule has 0 spiro atoms. The normalized spacial score (nSPS) is 17.5. The van der Waals surface area contributed by atoms with Crippen LogP contribution in [0.3, 0.4) is 0 Å². The van der Waals surface area contributed by atoms with E-state index in [-0.39, 0.29) is 16.1 Å². The van der Waals surface area contributed by atoms with Gasteiger partial charge in [0.15, 0.2) is 0 Å². The average molecular weight is 377 g/mol. The first kappa shape index (κ1) is 18.0. The van der Waals surface area contributed by atoms with Crippen LogP contribution in [0, 0.1) is 0 Å². The molecule has 132 valence electrons. The number of hydrogen-bond acceptors (Lipinski definition) is 4. The third kappa shape index (κ3) is 4.62. The summed E-state index contributed by atoms with van der Waals surface area (Å²) in [6.07, 6.45) is 1.03. The van der Waals surface area contributed by atoms with Crippen LogP contribution in [0.25, 0.3) is 0 Å². The van der Waals surface area contributed by atoms with Crippen molar-refractivity contribution < 1.29 is 13.2 Å². The van der Waals surface area contributed by atoms with Crippen molar-refractivity contribution in [3.8, 4) is 0 Å². The van der Waals surface area contributed by atoms with Gasteiger partial charge in [-0.25, -0.2) is 13.1 Å². The van der Waals surface area contributed by atoms with Gasteiger partial charge in [-0.05, 0) is 30.2 Å². The maximum absolute atomic E-state index is 12.5. The Morgan fingerprint density at radius 2 is 1.96 bits per heavy atom. The SMILES string of the molecule is C[C@H]1CC(=O)Nc2cc(S(=O)(=O)NCCc3ccccc3)ccc2S1. The van der Waals surface area contributed by atoms with Gasteiger partial charge in [0.25, 0.3) is 0 Å². The highest BCUT2D eigenvalue weighted by molar-refractivity contribution is 8.00. The number of carbonyl (C=O) groups is 1. The molecule has 2 N–H and O–H groups in total. The molecule has 1 aliphatic rings. The van der Waals surface area contributed by atoms with Gasteiger partial charge in [-0.1, -0.05) is 37.3 Å². The van der Waals surface area contributed by atoms with E-state index in [0.29, 0.717) is 25.1 Å². The number of nitrogens with one attached hydrogen (secondary N) is 2. The Morgan fingerprint density at radius 1 is 1.20 bits per heavy atom. The third-order valence-electron chi connectivity index (χ3n) is 3.89. The van der Waals surface area contributed by atoms with Crippen molar-refractivity contribution in [2.24, 2.45) is 0 Å². The van der Waals surface area contributed by atoms with Gasteiger partial charge in [-0.15, -0.1) is 11.8 Å². The van der Waals surface area contributed by atoms with E-state index in [1.807, 2.05) is 37.3 Å². The van der Waals surface area contributed by atoms with Crippen LogP contribution < -0.4 is 10.0 Å². The van der Waals surface area contributed by atoms with Crippen LogP contribution in [-0.2, 0) is 21.2 Å². The number of thioether (sulfide) groups is 1. The summed E-state index contributed by atoms with van der Waals surface area (Å²) >= 11 is 1.57. The monoisotopic (exact) mass is 376 g/mol. The molecule has 1 heterocycles. The predicted octanol–water partition coefficient (Wildman–Crippen LogP) is 3.03. The fourth-order valence-electron chi connectivity index (χ4n) is 2.66. The van der Waals surface area contributed by atoms with E-state index in [9.17, 15) is 13.2 Å². The van der Waals surface area contributed by atoms with Gasteiger partial charge in [-0.2, -0.15) is 0 Å². The van der Waals surface area contributed by atoms with Crippen LogP contribution in [0.2, 0.25) is 0 Å². The predicted molar refractivity (Wildman–Crippen MR) is 100 cm³/mol. The summed E-state index contributed by atoms with van der Waals surface area (Å²) in [5.41, 5.74) is 1.63. The summed E-state index contributed by atoms with van der Waals surface area (Å²) in [5, 5.41) is 2.96. The second-order valence-corrected chi connectivity index (χ2v) is 9.22. The molecule has 0 aliphatic carbocycles. The van der Waals surface area contributed by atoms with Crippen molar-refractivity contribution in [1.29, 1.82) is 0 Å². The first-order valence-corrected chi connectivity index (χ1v) is 10.4. The number of benzene rings is 2. The molecule has 2 aromatic carbocycles. The Labute approximate surface area is 152 Å². The maximum Gasteiger partial charge on any atom is 0.240 e. The molecule has 25 heavy (non-hydrogen) atoms. The lowest BCUT2D eigenvalue weighted by atomic mass is 10.2. The quantitative estimate of drug-likeness (QED) is 0.841. The summed E-state index contributed by atoms with van der Waals surface area (Å²) < 4.78 is 27.6. The molecule has 0 saturated heterocycles. The lowest BCUT2D eigenvalue weighted by molar-refractivity contribution is -0.116. The summed E-state index contributed by atoms with van der Waals surface area (Å²) in [4.78, 5) is 12.9. The summed E-state index contributed by atoms with van der Waals surface area (Å²) in [7, 11) is -3.62. The lowest BCUT2D eigenvalue weighted by Gasteiger charge is -2.11. The van der Waals surface area contributed by atoms with Crippen molar-refractivity contribution in [3.63, 3.8) is 0 Å². The van der Waals surface area contributed by atoms with Gasteiger partial charge >= 0.3 is 0 Å². The Morgan fingerprint density at radius 3 is 2.72 bits per heavy atom. The molecule has 0 saturated carbocycles. The van der Waals surface area contributed by atoms with Crippen LogP contribution in [0.4, 0.5) is 5.69 Å². The molecule has 5 nitrogen and oxygen atoms in total. The van der Waals surface area contributed by atoms with Crippen LogP contribution in [0.1, 0.15) is 18.9 Å². The van der Waals surface area contributed by atoms with Crippen LogP contribution in [0.5, 0.6) is 0 Å². The van der Waals surface area contributed by atoms with Crippen molar-refractivity contribution in [3.05, 3.63) is 54.1 Å². The first-order valence-electron chi connectivity index (χ1n) is 8.08. The molecule has 2 aromatic rings. The van der Waals surface area contributed by atoms with E-state index in [4.69, 9.17) is 0 Å². The minimum atomic E-state index is -3.62. The van der Waals surface area contributed by atoms with Crippen molar-refractivity contribution in [1.82, 2.24) is 4.72 Å². The van der Waals surface area contributed by atoms with Gasteiger partial charge in [0.1, 0.15) is 0 Å². The highest BCUT2D eigenvalue weighted by Gasteiger charge is 2.22. The number of amides is 1. The van der Waals surface area contributed by atoms with Gasteiger partial charge < -0.3 is 5.32 Å². The molecule has 0 radical (unpaired) electrons. The number of hydrogen-bond donors (Lipinski definition) is 2. The zero-order valence-corrected chi connectivity index (χ0v) is 15.5. The number of rotatable bonds is 5. The molecule has 1 atom stereocenters. The van der Waals surface area contributed by atoms with E-state index < -0.39 is 10.0 Å². The van der Waals surface area contributed by atoms with Gasteiger partial charge in [0, 0.05) is 23.1 Å². The van der Waals surface area contributed by atoms with Crippen LogP contribution in [-0.4, -0.2) is 26.1 Å². The third-order valence-corrected chi connectivity index (χ3v) is 6.52. The smallest absolute Gasteiger partial charge is 0.240 e. The fraction of sp³-hybridized carbons (Fsp3) is 0.278. The second-order valence-electron chi connectivity index (χ2n) is 5.97. The molecule has 3 rings (SSSR count). The molecule has 7 heteroatoms. The number of fused-ring (bicyclic) bond motifs is 1. The van der Waals surface area contributed by atoms with Crippen molar-refractivity contribution in [2.75, 3.05) is 11.9 Å². The summed E-state index contributed by atoms with van der Waals surface area (Å²) in [6.45, 7) is 2.30. The summed E-state index contributed by atoms with van der Waals surface area (Å²) in [5.74, 6) is -0.0923. The molecule has 1 aliphatic heterocycles. The highest BCUT2D eigenvalue weighted by Crippen LogP contribution is 2.36. The minimum absolute atomic E-state index is 0.0923. The standard InChI is InChI=1S/C18H20N2O3S2/c1-13-11-18(21)20-16-12-15(7-8-17(16)24-13)25(22,23)19-10-9-14-5-3-2-4-6-14/h2-8,12-13,19H,9-11H2,1H3,(H,20,21)/t13-/m0/s1. The Kier molecular flexibility index (Phi) is 5.46. The van der Waals surface area contributed by atoms with Crippen molar-refractivity contribution >= 4 is 33.4 Å². The van der Waals surface area contributed by atoms with Crippen LogP contribution in [0.15, 0.2) is 58.3 Å². The van der Waals surface area contributed by atoms with Gasteiger partial charge in [0.05, 0.1) is 10.6 Å².